The second kappa shape index (κ2) is 8.10. The van der Waals surface area contributed by atoms with Crippen LogP contribution in [-0.2, 0) is 6.61 Å². The maximum atomic E-state index is 12.7. The van der Waals surface area contributed by atoms with Gasteiger partial charge in [0, 0.05) is 17.7 Å². The highest BCUT2D eigenvalue weighted by molar-refractivity contribution is 5.86. The van der Waals surface area contributed by atoms with Gasteiger partial charge in [-0.1, -0.05) is 30.3 Å². The summed E-state index contributed by atoms with van der Waals surface area (Å²) in [4.78, 5) is 12.7. The first-order valence-corrected chi connectivity index (χ1v) is 9.07. The molecule has 5 nitrogen and oxygen atoms in total. The minimum Gasteiger partial charge on any atom is -0.497 e. The zero-order valence-corrected chi connectivity index (χ0v) is 16.1. The zero-order chi connectivity index (χ0) is 20.2. The van der Waals surface area contributed by atoms with Crippen LogP contribution >= 0.6 is 0 Å². The van der Waals surface area contributed by atoms with Crippen molar-refractivity contribution < 1.29 is 18.6 Å². The number of hydrogen-bond donors (Lipinski definition) is 0. The largest absolute Gasteiger partial charge is 0.497 e. The predicted octanol–water partition coefficient (Wildman–Crippen LogP) is 4.86. The molecule has 0 bridgehead atoms. The molecule has 0 unspecified atom stereocenters. The topological polar surface area (TPSA) is 57.9 Å². The lowest BCUT2D eigenvalue weighted by molar-refractivity contribution is 0.304. The molecule has 1 heterocycles. The fourth-order valence-corrected chi connectivity index (χ4v) is 3.03. The normalized spacial score (nSPS) is 10.7. The molecule has 0 aliphatic carbocycles. The Hall–Kier alpha value is -3.73. The highest BCUT2D eigenvalue weighted by Crippen LogP contribution is 2.32. The lowest BCUT2D eigenvalue weighted by Crippen LogP contribution is -2.04. The van der Waals surface area contributed by atoms with Crippen LogP contribution in [0.5, 0.6) is 17.2 Å². The molecule has 0 aliphatic heterocycles. The Morgan fingerprint density at radius 3 is 2.34 bits per heavy atom. The molecular formula is C24H19O5. The number of benzene rings is 3. The first kappa shape index (κ1) is 18.6. The van der Waals surface area contributed by atoms with Gasteiger partial charge in [0.05, 0.1) is 20.3 Å². The molecule has 0 spiro atoms. The third-order valence-corrected chi connectivity index (χ3v) is 4.53. The van der Waals surface area contributed by atoms with Crippen molar-refractivity contribution in [2.45, 2.75) is 6.61 Å². The molecule has 1 aromatic heterocycles. The SMILES string of the molecule is COc1ccc(-c2[c]c(=O)c3c(OC)cc(OCc4ccccc4)cc3o2)cc1. The third-order valence-electron chi connectivity index (χ3n) is 4.53. The Bertz CT molecular complexity index is 1180. The molecule has 4 aromatic rings. The van der Waals surface area contributed by atoms with Crippen molar-refractivity contribution >= 4 is 11.0 Å². The minimum absolute atomic E-state index is 0.302. The van der Waals surface area contributed by atoms with E-state index >= 15 is 0 Å². The molecule has 4 rings (SSSR count). The van der Waals surface area contributed by atoms with E-state index in [4.69, 9.17) is 18.6 Å². The average molecular weight is 387 g/mol. The second-order valence-electron chi connectivity index (χ2n) is 6.39. The van der Waals surface area contributed by atoms with Crippen molar-refractivity contribution in [1.82, 2.24) is 0 Å². The summed E-state index contributed by atoms with van der Waals surface area (Å²) in [6.07, 6.45) is 0. The summed E-state index contributed by atoms with van der Waals surface area (Å²) in [5.41, 5.74) is 1.83. The summed E-state index contributed by atoms with van der Waals surface area (Å²) in [6, 6.07) is 23.2. The highest BCUT2D eigenvalue weighted by atomic mass is 16.5. The molecule has 0 atom stereocenters. The van der Waals surface area contributed by atoms with Gasteiger partial charge in [-0.05, 0) is 29.8 Å². The van der Waals surface area contributed by atoms with Gasteiger partial charge in [-0.15, -0.1) is 0 Å². The van der Waals surface area contributed by atoms with E-state index in [-0.39, 0.29) is 5.43 Å². The third kappa shape index (κ3) is 3.94. The van der Waals surface area contributed by atoms with E-state index in [9.17, 15) is 4.79 Å². The van der Waals surface area contributed by atoms with Crippen LogP contribution in [-0.4, -0.2) is 14.2 Å². The van der Waals surface area contributed by atoms with Crippen LogP contribution < -0.4 is 19.6 Å². The van der Waals surface area contributed by atoms with Crippen molar-refractivity contribution in [2.75, 3.05) is 14.2 Å². The van der Waals surface area contributed by atoms with Gasteiger partial charge in [0.15, 0.2) is 0 Å². The predicted molar refractivity (Wildman–Crippen MR) is 111 cm³/mol. The quantitative estimate of drug-likeness (QED) is 0.473. The summed E-state index contributed by atoms with van der Waals surface area (Å²) < 4.78 is 22.4. The van der Waals surface area contributed by atoms with Gasteiger partial charge in [-0.25, -0.2) is 0 Å². The molecule has 145 valence electrons. The highest BCUT2D eigenvalue weighted by Gasteiger charge is 2.14. The molecule has 0 N–H and O–H groups in total. The van der Waals surface area contributed by atoms with Crippen LogP contribution in [0.1, 0.15) is 5.56 Å². The maximum absolute atomic E-state index is 12.7. The van der Waals surface area contributed by atoms with Gasteiger partial charge >= 0.3 is 0 Å². The van der Waals surface area contributed by atoms with E-state index in [2.05, 4.69) is 6.07 Å². The molecule has 29 heavy (non-hydrogen) atoms. The Balaban J connectivity index is 1.74. The number of ether oxygens (including phenoxy) is 3. The van der Waals surface area contributed by atoms with Crippen molar-refractivity contribution in [2.24, 2.45) is 0 Å². The lowest BCUT2D eigenvalue weighted by Gasteiger charge is -2.11. The van der Waals surface area contributed by atoms with Crippen LogP contribution in [0.25, 0.3) is 22.3 Å². The molecule has 0 saturated heterocycles. The van der Waals surface area contributed by atoms with Gasteiger partial charge in [0.25, 0.3) is 0 Å². The monoisotopic (exact) mass is 387 g/mol. The van der Waals surface area contributed by atoms with Gasteiger partial charge in [0.1, 0.15) is 40.6 Å². The number of fused-ring (bicyclic) bond motifs is 1. The average Bonchev–Trinajstić information content (AvgIpc) is 2.77. The molecule has 0 aliphatic rings. The fraction of sp³-hybridized carbons (Fsp3) is 0.125. The molecule has 0 saturated carbocycles. The van der Waals surface area contributed by atoms with Crippen LogP contribution in [0.4, 0.5) is 0 Å². The first-order chi connectivity index (χ1) is 14.2. The van der Waals surface area contributed by atoms with Gasteiger partial charge in [0.2, 0.25) is 5.43 Å². The summed E-state index contributed by atoms with van der Waals surface area (Å²) >= 11 is 0. The van der Waals surface area contributed by atoms with Crippen LogP contribution in [0, 0.1) is 6.07 Å². The molecule has 1 radical (unpaired) electrons. The summed E-state index contributed by atoms with van der Waals surface area (Å²) in [5.74, 6) is 1.99. The summed E-state index contributed by atoms with van der Waals surface area (Å²) in [6.45, 7) is 0.393. The fourth-order valence-electron chi connectivity index (χ4n) is 3.03. The summed E-state index contributed by atoms with van der Waals surface area (Å²) in [7, 11) is 3.10. The van der Waals surface area contributed by atoms with E-state index in [1.807, 2.05) is 42.5 Å². The van der Waals surface area contributed by atoms with E-state index in [0.29, 0.717) is 34.8 Å². The Morgan fingerprint density at radius 1 is 0.897 bits per heavy atom. The van der Waals surface area contributed by atoms with Crippen molar-refractivity contribution in [3.8, 4) is 28.6 Å². The minimum atomic E-state index is -0.302. The van der Waals surface area contributed by atoms with E-state index in [1.54, 1.807) is 31.4 Å². The smallest absolute Gasteiger partial charge is 0.205 e. The van der Waals surface area contributed by atoms with E-state index < -0.39 is 0 Å². The van der Waals surface area contributed by atoms with Crippen LogP contribution in [0.15, 0.2) is 75.9 Å². The number of hydrogen-bond acceptors (Lipinski definition) is 5. The number of rotatable bonds is 6. The van der Waals surface area contributed by atoms with Gasteiger partial charge in [-0.2, -0.15) is 0 Å². The van der Waals surface area contributed by atoms with Gasteiger partial charge < -0.3 is 18.6 Å². The van der Waals surface area contributed by atoms with E-state index in [1.165, 1.54) is 7.11 Å². The maximum Gasteiger partial charge on any atom is 0.205 e. The molecule has 0 fully saturated rings. The Morgan fingerprint density at radius 2 is 1.66 bits per heavy atom. The van der Waals surface area contributed by atoms with Crippen molar-refractivity contribution in [3.05, 3.63) is 88.6 Å². The molecule has 5 heteroatoms. The van der Waals surface area contributed by atoms with E-state index in [0.717, 1.165) is 16.9 Å². The first-order valence-electron chi connectivity index (χ1n) is 9.07. The van der Waals surface area contributed by atoms with Crippen molar-refractivity contribution in [1.29, 1.82) is 0 Å². The molecular weight excluding hydrogens is 368 g/mol. The Labute approximate surface area is 168 Å². The second-order valence-corrected chi connectivity index (χ2v) is 6.39. The molecule has 0 amide bonds. The Kier molecular flexibility index (Phi) is 5.20. The molecule has 3 aromatic carbocycles. The lowest BCUT2D eigenvalue weighted by atomic mass is 10.1. The van der Waals surface area contributed by atoms with Crippen LogP contribution in [0.3, 0.4) is 0 Å². The standard InChI is InChI=1S/C24H19O5/c1-26-18-10-8-17(9-11-18)21-14-20(25)24-22(27-2)12-19(13-23(24)29-21)28-15-16-6-4-3-5-7-16/h3-13H,15H2,1-2H3. The summed E-state index contributed by atoms with van der Waals surface area (Å²) in [5, 5.41) is 0.330. The van der Waals surface area contributed by atoms with Crippen molar-refractivity contribution in [3.63, 3.8) is 0 Å². The zero-order valence-electron chi connectivity index (χ0n) is 16.1. The van der Waals surface area contributed by atoms with Crippen LogP contribution in [0.2, 0.25) is 0 Å². The van der Waals surface area contributed by atoms with Gasteiger partial charge in [-0.3, -0.25) is 4.79 Å². The number of methoxy groups -OCH3 is 2.